The molecule has 0 amide bonds. The van der Waals surface area contributed by atoms with Crippen molar-refractivity contribution in [3.63, 3.8) is 0 Å². The summed E-state index contributed by atoms with van der Waals surface area (Å²) in [4.78, 5) is 2.30. The Morgan fingerprint density at radius 1 is 1.33 bits per heavy atom. The molecule has 2 N–H and O–H groups in total. The van der Waals surface area contributed by atoms with Gasteiger partial charge in [-0.25, -0.2) is 0 Å². The molecule has 1 heterocycles. The molecule has 0 saturated heterocycles. The Morgan fingerprint density at radius 3 is 2.81 bits per heavy atom. The van der Waals surface area contributed by atoms with Crippen LogP contribution in [0, 0.1) is 11.3 Å². The predicted octanol–water partition coefficient (Wildman–Crippen LogP) is 3.89. The second kappa shape index (κ2) is 8.75. The minimum Gasteiger partial charge on any atom is -0.494 e. The smallest absolute Gasteiger partial charge is 0.119 e. The van der Waals surface area contributed by atoms with Crippen molar-refractivity contribution in [3.05, 3.63) is 71.3 Å². The number of nitriles is 1. The molecule has 0 radical (unpaired) electrons. The van der Waals surface area contributed by atoms with E-state index in [2.05, 4.69) is 23.6 Å². The fourth-order valence-corrected chi connectivity index (χ4v) is 3.65. The number of fused-ring (bicyclic) bond motifs is 1. The van der Waals surface area contributed by atoms with Gasteiger partial charge in [-0.15, -0.1) is 0 Å². The molecule has 1 aliphatic rings. The van der Waals surface area contributed by atoms with Gasteiger partial charge in [-0.3, -0.25) is 0 Å². The Balaban J connectivity index is 1.58. The zero-order chi connectivity index (χ0) is 19.2. The topological polar surface area (TPSA) is 62.3 Å². The quantitative estimate of drug-likeness (QED) is 0.572. The maximum absolute atomic E-state index is 9.60. The first-order chi connectivity index (χ1) is 13.1. The standard InChI is InChI=1S/C23H27N3O/c1-17(25)13-19-14-21-9-11-26(23(21)22(15-19)16-24)10-6-12-27-18(2)20-7-4-3-5-8-20/h3-5,7-8,14-15,17H,2,6,9-13,25H2,1H3/t17-/m1/s1. The third kappa shape index (κ3) is 4.69. The van der Waals surface area contributed by atoms with E-state index in [1.165, 1.54) is 5.56 Å². The summed E-state index contributed by atoms with van der Waals surface area (Å²) in [5, 5.41) is 9.60. The van der Waals surface area contributed by atoms with Crippen LogP contribution in [0.15, 0.2) is 49.0 Å². The summed E-state index contributed by atoms with van der Waals surface area (Å²) in [7, 11) is 0. The molecule has 27 heavy (non-hydrogen) atoms. The lowest BCUT2D eigenvalue weighted by atomic mass is 9.99. The number of benzene rings is 2. The van der Waals surface area contributed by atoms with Gasteiger partial charge < -0.3 is 15.4 Å². The number of hydrogen-bond donors (Lipinski definition) is 1. The number of nitrogens with zero attached hydrogens (tertiary/aromatic N) is 2. The van der Waals surface area contributed by atoms with Crippen LogP contribution in [0.5, 0.6) is 0 Å². The fraction of sp³-hybridized carbons (Fsp3) is 0.348. The largest absolute Gasteiger partial charge is 0.494 e. The molecular weight excluding hydrogens is 334 g/mol. The maximum atomic E-state index is 9.60. The van der Waals surface area contributed by atoms with Crippen LogP contribution in [0.25, 0.3) is 5.76 Å². The van der Waals surface area contributed by atoms with Crippen LogP contribution < -0.4 is 10.6 Å². The third-order valence-corrected chi connectivity index (χ3v) is 4.84. The summed E-state index contributed by atoms with van der Waals surface area (Å²) in [6, 6.07) is 16.6. The second-order valence-electron chi connectivity index (χ2n) is 7.17. The Labute approximate surface area is 161 Å². The van der Waals surface area contributed by atoms with E-state index >= 15 is 0 Å². The molecule has 1 aliphatic heterocycles. The maximum Gasteiger partial charge on any atom is 0.119 e. The van der Waals surface area contributed by atoms with E-state index in [0.29, 0.717) is 12.4 Å². The first kappa shape index (κ1) is 19.0. The first-order valence-electron chi connectivity index (χ1n) is 9.52. The molecule has 140 valence electrons. The Bertz CT molecular complexity index is 837. The summed E-state index contributed by atoms with van der Waals surface area (Å²) < 4.78 is 5.80. The number of nitrogens with two attached hydrogens (primary N) is 1. The number of rotatable bonds is 8. The van der Waals surface area contributed by atoms with Crippen LogP contribution >= 0.6 is 0 Å². The fourth-order valence-electron chi connectivity index (χ4n) is 3.65. The van der Waals surface area contributed by atoms with Gasteiger partial charge in [-0.1, -0.05) is 43.0 Å². The lowest BCUT2D eigenvalue weighted by Crippen LogP contribution is -2.23. The van der Waals surface area contributed by atoms with Gasteiger partial charge in [0.15, 0.2) is 0 Å². The van der Waals surface area contributed by atoms with E-state index in [4.69, 9.17) is 10.5 Å². The molecule has 0 fully saturated rings. The number of ether oxygens (including phenoxy) is 1. The van der Waals surface area contributed by atoms with Crippen LogP contribution in [0.2, 0.25) is 0 Å². The summed E-state index contributed by atoms with van der Waals surface area (Å²) >= 11 is 0. The van der Waals surface area contributed by atoms with Crippen LogP contribution in [0.1, 0.15) is 35.6 Å². The zero-order valence-electron chi connectivity index (χ0n) is 15.9. The molecular formula is C23H27N3O. The normalized spacial score (nSPS) is 13.7. The molecule has 1 atom stereocenters. The highest BCUT2D eigenvalue weighted by atomic mass is 16.5. The third-order valence-electron chi connectivity index (χ3n) is 4.84. The molecule has 4 heteroatoms. The monoisotopic (exact) mass is 361 g/mol. The molecule has 0 unspecified atom stereocenters. The highest BCUT2D eigenvalue weighted by Gasteiger charge is 2.23. The van der Waals surface area contributed by atoms with E-state index in [-0.39, 0.29) is 6.04 Å². The van der Waals surface area contributed by atoms with Gasteiger partial charge in [-0.2, -0.15) is 5.26 Å². The first-order valence-corrected chi connectivity index (χ1v) is 9.52. The van der Waals surface area contributed by atoms with Crippen molar-refractivity contribution < 1.29 is 4.74 Å². The number of hydrogen-bond acceptors (Lipinski definition) is 4. The molecule has 3 rings (SSSR count). The van der Waals surface area contributed by atoms with Gasteiger partial charge in [0.05, 0.1) is 17.9 Å². The zero-order valence-corrected chi connectivity index (χ0v) is 15.9. The van der Waals surface area contributed by atoms with Crippen LogP contribution in [-0.4, -0.2) is 25.7 Å². The minimum atomic E-state index is 0.0990. The molecule has 0 bridgehead atoms. The Kier molecular flexibility index (Phi) is 6.16. The van der Waals surface area contributed by atoms with Crippen molar-refractivity contribution in [1.29, 1.82) is 5.26 Å². The average molecular weight is 361 g/mol. The Morgan fingerprint density at radius 2 is 2.11 bits per heavy atom. The van der Waals surface area contributed by atoms with Gasteiger partial charge in [0.1, 0.15) is 11.8 Å². The van der Waals surface area contributed by atoms with Crippen molar-refractivity contribution in [2.24, 2.45) is 5.73 Å². The second-order valence-corrected chi connectivity index (χ2v) is 7.17. The van der Waals surface area contributed by atoms with Crippen molar-refractivity contribution in [3.8, 4) is 6.07 Å². The van der Waals surface area contributed by atoms with Crippen molar-refractivity contribution in [2.45, 2.75) is 32.2 Å². The van der Waals surface area contributed by atoms with Gasteiger partial charge in [0.2, 0.25) is 0 Å². The van der Waals surface area contributed by atoms with E-state index < -0.39 is 0 Å². The van der Waals surface area contributed by atoms with Crippen molar-refractivity contribution in [2.75, 3.05) is 24.6 Å². The minimum absolute atomic E-state index is 0.0990. The number of anilines is 1. The molecule has 4 nitrogen and oxygen atoms in total. The van der Waals surface area contributed by atoms with Gasteiger partial charge in [0, 0.05) is 24.7 Å². The van der Waals surface area contributed by atoms with Crippen LogP contribution in [0.4, 0.5) is 5.69 Å². The highest BCUT2D eigenvalue weighted by Crippen LogP contribution is 2.33. The highest BCUT2D eigenvalue weighted by molar-refractivity contribution is 5.68. The SMILES string of the molecule is C=C(OCCCN1CCc2cc(C[C@@H](C)N)cc(C#N)c21)c1ccccc1. The summed E-state index contributed by atoms with van der Waals surface area (Å²) in [6.07, 6.45) is 2.67. The van der Waals surface area contributed by atoms with E-state index in [1.54, 1.807) is 0 Å². The van der Waals surface area contributed by atoms with Gasteiger partial charge >= 0.3 is 0 Å². The van der Waals surface area contributed by atoms with Gasteiger partial charge in [-0.05, 0) is 43.4 Å². The molecule has 0 aliphatic carbocycles. The Hall–Kier alpha value is -2.77. The van der Waals surface area contributed by atoms with Crippen molar-refractivity contribution in [1.82, 2.24) is 0 Å². The predicted molar refractivity (Wildman–Crippen MR) is 110 cm³/mol. The van der Waals surface area contributed by atoms with Crippen LogP contribution in [0.3, 0.4) is 0 Å². The van der Waals surface area contributed by atoms with E-state index in [0.717, 1.165) is 54.7 Å². The molecule has 2 aromatic rings. The van der Waals surface area contributed by atoms with Gasteiger partial charge in [0.25, 0.3) is 0 Å². The molecule has 0 spiro atoms. The average Bonchev–Trinajstić information content (AvgIpc) is 3.07. The summed E-state index contributed by atoms with van der Waals surface area (Å²) in [6.45, 7) is 8.43. The van der Waals surface area contributed by atoms with E-state index in [9.17, 15) is 5.26 Å². The lowest BCUT2D eigenvalue weighted by molar-refractivity contribution is 0.273. The molecule has 0 saturated carbocycles. The summed E-state index contributed by atoms with van der Waals surface area (Å²) in [5.74, 6) is 0.704. The van der Waals surface area contributed by atoms with E-state index in [1.807, 2.05) is 43.3 Å². The lowest BCUT2D eigenvalue weighted by Gasteiger charge is -2.21. The molecule has 0 aromatic heterocycles. The van der Waals surface area contributed by atoms with Crippen molar-refractivity contribution >= 4 is 11.4 Å². The molecule has 2 aromatic carbocycles. The summed E-state index contributed by atoms with van der Waals surface area (Å²) in [5.41, 5.74) is 11.2. The van der Waals surface area contributed by atoms with Crippen LogP contribution in [-0.2, 0) is 17.6 Å².